The van der Waals surface area contributed by atoms with Crippen molar-refractivity contribution in [3.8, 4) is 5.75 Å². The number of hydrogen-bond acceptors (Lipinski definition) is 2. The molecule has 0 spiro atoms. The van der Waals surface area contributed by atoms with E-state index < -0.39 is 6.10 Å². The molecule has 0 fully saturated rings. The Morgan fingerprint density at radius 1 is 1.30 bits per heavy atom. The minimum atomic E-state index is -0.576. The highest BCUT2D eigenvalue weighted by molar-refractivity contribution is 9.10. The Morgan fingerprint density at radius 3 is 2.65 bits per heavy atom. The number of benzene rings is 2. The predicted molar refractivity (Wildman–Crippen MR) is 80.5 cm³/mol. The van der Waals surface area contributed by atoms with Crippen LogP contribution in [0.2, 0.25) is 5.02 Å². The van der Waals surface area contributed by atoms with Gasteiger partial charge in [0.2, 0.25) is 0 Å². The Bertz CT molecular complexity index is 617. The highest BCUT2D eigenvalue weighted by Gasteiger charge is 2.08. The quantitative estimate of drug-likeness (QED) is 0.843. The van der Waals surface area contributed by atoms with E-state index in [9.17, 15) is 9.50 Å². The Hall–Kier alpha value is -1.10. The molecule has 2 aromatic rings. The predicted octanol–water partition coefficient (Wildman–Crippen LogP) is 4.87. The SMILES string of the molecule is CC(O)c1ccc(OCc2ccc(F)cc2Br)c(Cl)c1. The Labute approximate surface area is 130 Å². The van der Waals surface area contributed by atoms with Crippen LogP contribution in [0.4, 0.5) is 4.39 Å². The second kappa shape index (κ2) is 6.57. The molecule has 2 aromatic carbocycles. The zero-order valence-corrected chi connectivity index (χ0v) is 13.1. The molecule has 20 heavy (non-hydrogen) atoms. The summed E-state index contributed by atoms with van der Waals surface area (Å²) in [4.78, 5) is 0. The molecule has 0 aliphatic rings. The maximum Gasteiger partial charge on any atom is 0.138 e. The number of aliphatic hydroxyl groups is 1. The lowest BCUT2D eigenvalue weighted by molar-refractivity contribution is 0.199. The van der Waals surface area contributed by atoms with Crippen molar-refractivity contribution in [2.45, 2.75) is 19.6 Å². The zero-order chi connectivity index (χ0) is 14.7. The van der Waals surface area contributed by atoms with Crippen LogP contribution in [0.15, 0.2) is 40.9 Å². The van der Waals surface area contributed by atoms with Gasteiger partial charge in [0.05, 0.1) is 11.1 Å². The molecule has 1 N–H and O–H groups in total. The molecule has 1 unspecified atom stereocenters. The van der Waals surface area contributed by atoms with E-state index in [-0.39, 0.29) is 12.4 Å². The monoisotopic (exact) mass is 358 g/mol. The molecule has 0 bridgehead atoms. The van der Waals surface area contributed by atoms with Crippen molar-refractivity contribution < 1.29 is 14.2 Å². The summed E-state index contributed by atoms with van der Waals surface area (Å²) >= 11 is 9.38. The molecule has 0 saturated heterocycles. The summed E-state index contributed by atoms with van der Waals surface area (Å²) in [5.41, 5.74) is 1.55. The summed E-state index contributed by atoms with van der Waals surface area (Å²) in [6.07, 6.45) is -0.576. The summed E-state index contributed by atoms with van der Waals surface area (Å²) in [5, 5.41) is 9.90. The first kappa shape index (κ1) is 15.3. The van der Waals surface area contributed by atoms with Gasteiger partial charge in [-0.2, -0.15) is 0 Å². The van der Waals surface area contributed by atoms with Crippen molar-refractivity contribution in [3.05, 3.63) is 62.8 Å². The van der Waals surface area contributed by atoms with Crippen LogP contribution in [0, 0.1) is 5.82 Å². The summed E-state index contributed by atoms with van der Waals surface area (Å²) in [6, 6.07) is 9.55. The number of rotatable bonds is 4. The van der Waals surface area contributed by atoms with Gasteiger partial charge in [-0.25, -0.2) is 4.39 Å². The van der Waals surface area contributed by atoms with Crippen LogP contribution in [0.1, 0.15) is 24.2 Å². The lowest BCUT2D eigenvalue weighted by atomic mass is 10.1. The van der Waals surface area contributed by atoms with E-state index in [0.717, 1.165) is 11.1 Å². The molecule has 106 valence electrons. The zero-order valence-electron chi connectivity index (χ0n) is 10.7. The molecule has 0 radical (unpaired) electrons. The lowest BCUT2D eigenvalue weighted by Crippen LogP contribution is -1.98. The normalized spacial score (nSPS) is 12.2. The number of aliphatic hydroxyl groups excluding tert-OH is 1. The first-order valence-electron chi connectivity index (χ1n) is 6.01. The van der Waals surface area contributed by atoms with Crippen molar-refractivity contribution >= 4 is 27.5 Å². The van der Waals surface area contributed by atoms with E-state index in [1.807, 2.05) is 0 Å². The maximum atomic E-state index is 13.0. The third-order valence-electron chi connectivity index (χ3n) is 2.84. The summed E-state index contributed by atoms with van der Waals surface area (Å²) in [6.45, 7) is 1.94. The molecular formula is C15H13BrClFO2. The average molecular weight is 360 g/mol. The average Bonchev–Trinajstić information content (AvgIpc) is 2.38. The van der Waals surface area contributed by atoms with Crippen molar-refractivity contribution in [1.29, 1.82) is 0 Å². The third-order valence-corrected chi connectivity index (χ3v) is 3.87. The van der Waals surface area contributed by atoms with Gasteiger partial charge in [0.1, 0.15) is 18.2 Å². The lowest BCUT2D eigenvalue weighted by Gasteiger charge is -2.11. The number of ether oxygens (including phenoxy) is 1. The van der Waals surface area contributed by atoms with Gasteiger partial charge in [0.15, 0.2) is 0 Å². The van der Waals surface area contributed by atoms with Gasteiger partial charge in [0, 0.05) is 10.0 Å². The van der Waals surface area contributed by atoms with E-state index >= 15 is 0 Å². The number of halogens is 3. The first-order valence-corrected chi connectivity index (χ1v) is 7.18. The summed E-state index contributed by atoms with van der Waals surface area (Å²) < 4.78 is 19.2. The van der Waals surface area contributed by atoms with Crippen LogP contribution in [0.25, 0.3) is 0 Å². The van der Waals surface area contributed by atoms with E-state index in [4.69, 9.17) is 16.3 Å². The Kier molecular flexibility index (Phi) is 5.02. The van der Waals surface area contributed by atoms with Crippen LogP contribution in [0.3, 0.4) is 0 Å². The molecular weight excluding hydrogens is 347 g/mol. The fourth-order valence-electron chi connectivity index (χ4n) is 1.69. The maximum absolute atomic E-state index is 13.0. The van der Waals surface area contributed by atoms with Gasteiger partial charge in [-0.1, -0.05) is 39.7 Å². The second-order valence-electron chi connectivity index (χ2n) is 4.39. The van der Waals surface area contributed by atoms with Crippen LogP contribution in [0.5, 0.6) is 5.75 Å². The van der Waals surface area contributed by atoms with Gasteiger partial charge in [-0.15, -0.1) is 0 Å². The minimum absolute atomic E-state index is 0.272. The molecule has 5 heteroatoms. The molecule has 0 saturated carbocycles. The van der Waals surface area contributed by atoms with Crippen molar-refractivity contribution in [2.75, 3.05) is 0 Å². The van der Waals surface area contributed by atoms with Crippen LogP contribution in [-0.2, 0) is 6.61 Å². The van der Waals surface area contributed by atoms with Gasteiger partial charge in [-0.05, 0) is 36.8 Å². The topological polar surface area (TPSA) is 29.5 Å². The highest BCUT2D eigenvalue weighted by atomic mass is 79.9. The smallest absolute Gasteiger partial charge is 0.138 e. The largest absolute Gasteiger partial charge is 0.487 e. The van der Waals surface area contributed by atoms with E-state index in [1.165, 1.54) is 12.1 Å². The van der Waals surface area contributed by atoms with Gasteiger partial charge < -0.3 is 9.84 Å². The van der Waals surface area contributed by atoms with Crippen molar-refractivity contribution in [2.24, 2.45) is 0 Å². The van der Waals surface area contributed by atoms with E-state index in [1.54, 1.807) is 31.2 Å². The molecule has 0 amide bonds. The summed E-state index contributed by atoms with van der Waals surface area (Å²) in [5.74, 6) is 0.215. The minimum Gasteiger partial charge on any atom is -0.487 e. The van der Waals surface area contributed by atoms with Crippen molar-refractivity contribution in [3.63, 3.8) is 0 Å². The first-order chi connectivity index (χ1) is 9.47. The van der Waals surface area contributed by atoms with Crippen LogP contribution >= 0.6 is 27.5 Å². The van der Waals surface area contributed by atoms with Crippen LogP contribution < -0.4 is 4.74 Å². The van der Waals surface area contributed by atoms with Gasteiger partial charge in [0.25, 0.3) is 0 Å². The Balaban J connectivity index is 2.11. The van der Waals surface area contributed by atoms with E-state index in [2.05, 4.69) is 15.9 Å². The van der Waals surface area contributed by atoms with Gasteiger partial charge >= 0.3 is 0 Å². The summed E-state index contributed by atoms with van der Waals surface area (Å²) in [7, 11) is 0. The molecule has 0 aliphatic heterocycles. The molecule has 0 aromatic heterocycles. The molecule has 0 aliphatic carbocycles. The van der Waals surface area contributed by atoms with Crippen LogP contribution in [-0.4, -0.2) is 5.11 Å². The van der Waals surface area contributed by atoms with Crippen molar-refractivity contribution in [1.82, 2.24) is 0 Å². The number of hydrogen-bond donors (Lipinski definition) is 1. The Morgan fingerprint density at radius 2 is 2.05 bits per heavy atom. The third kappa shape index (κ3) is 3.72. The molecule has 0 heterocycles. The standard InChI is InChI=1S/C15H13BrClFO2/c1-9(19)10-3-5-15(14(17)6-10)20-8-11-2-4-12(18)7-13(11)16/h2-7,9,19H,8H2,1H3. The molecule has 2 rings (SSSR count). The highest BCUT2D eigenvalue weighted by Crippen LogP contribution is 2.29. The second-order valence-corrected chi connectivity index (χ2v) is 5.65. The van der Waals surface area contributed by atoms with E-state index in [0.29, 0.717) is 15.2 Å². The molecule has 2 nitrogen and oxygen atoms in total. The fraction of sp³-hybridized carbons (Fsp3) is 0.200. The molecule has 1 atom stereocenters. The van der Waals surface area contributed by atoms with Gasteiger partial charge in [-0.3, -0.25) is 0 Å². The fourth-order valence-corrected chi connectivity index (χ4v) is 2.40.